The molecule has 0 aliphatic heterocycles. The van der Waals surface area contributed by atoms with E-state index in [9.17, 15) is 13.2 Å². The fraction of sp³-hybridized carbons (Fsp3) is 0.500. The molecule has 1 aromatic heterocycles. The first-order valence-corrected chi connectivity index (χ1v) is 1.91. The van der Waals surface area contributed by atoms with E-state index in [1.54, 1.807) is 0 Å². The molecule has 0 N–H and O–H groups in total. The number of rotatable bonds is 0. The number of hydrogen-bond donors (Lipinski definition) is 0. The van der Waals surface area contributed by atoms with Gasteiger partial charge in [0.2, 0.25) is 0 Å². The van der Waals surface area contributed by atoms with E-state index >= 15 is 0 Å². The number of halogens is 3. The molecule has 0 amide bonds. The second-order valence-corrected chi connectivity index (χ2v) is 1.22. The van der Waals surface area contributed by atoms with Crippen molar-refractivity contribution >= 4 is 29.6 Å². The third-order valence-corrected chi connectivity index (χ3v) is 0.609. The number of alkyl halides is 3. The monoisotopic (exact) mass is 162 g/mol. The van der Waals surface area contributed by atoms with Crippen molar-refractivity contribution in [3.63, 3.8) is 0 Å². The number of tetrazole rings is 1. The van der Waals surface area contributed by atoms with Gasteiger partial charge in [0.05, 0.1) is 0 Å². The average Bonchev–Trinajstić information content (AvgIpc) is 2.08. The first-order chi connectivity index (χ1) is 4.11. The van der Waals surface area contributed by atoms with Gasteiger partial charge in [0.15, 0.2) is 0 Å². The molecule has 0 aromatic carbocycles. The van der Waals surface area contributed by atoms with E-state index in [-0.39, 0.29) is 34.2 Å². The van der Waals surface area contributed by atoms with Gasteiger partial charge in [-0.05, 0) is 10.4 Å². The summed E-state index contributed by atoms with van der Waals surface area (Å²) in [6.45, 7) is 0. The summed E-state index contributed by atoms with van der Waals surface area (Å²) in [6.07, 6.45) is -4.01. The van der Waals surface area contributed by atoms with Gasteiger partial charge in [-0.25, -0.2) is 0 Å². The molecule has 52 valence electrons. The van der Waals surface area contributed by atoms with E-state index in [1.165, 1.54) is 0 Å². The van der Waals surface area contributed by atoms with Crippen LogP contribution in [0.25, 0.3) is 0 Å². The van der Waals surface area contributed by atoms with Gasteiger partial charge in [-0.2, -0.15) is 0 Å². The first-order valence-electron chi connectivity index (χ1n) is 1.91. The van der Waals surface area contributed by atoms with E-state index in [4.69, 9.17) is 0 Å². The van der Waals surface area contributed by atoms with E-state index < -0.39 is 6.30 Å². The van der Waals surface area contributed by atoms with Crippen molar-refractivity contribution < 1.29 is 13.2 Å². The van der Waals surface area contributed by atoms with Crippen molar-refractivity contribution in [2.45, 2.75) is 6.30 Å². The van der Waals surface area contributed by atoms with Crippen LogP contribution in [0.5, 0.6) is 0 Å². The first kappa shape index (κ1) is 9.86. The van der Waals surface area contributed by atoms with Crippen LogP contribution in [-0.4, -0.2) is 49.8 Å². The molecule has 0 radical (unpaired) electrons. The molecule has 0 aliphatic carbocycles. The van der Waals surface area contributed by atoms with Crippen molar-refractivity contribution in [3.05, 3.63) is 6.33 Å². The molecule has 4 nitrogen and oxygen atoms in total. The Balaban J connectivity index is 0.000000810. The minimum absolute atomic E-state index is 0. The van der Waals surface area contributed by atoms with E-state index in [1.807, 2.05) is 0 Å². The van der Waals surface area contributed by atoms with Gasteiger partial charge < -0.3 is 0 Å². The van der Waals surface area contributed by atoms with E-state index in [0.29, 0.717) is 6.33 Å². The zero-order valence-corrected chi connectivity index (χ0v) is 4.00. The molecule has 0 atom stereocenters. The van der Waals surface area contributed by atoms with E-state index in [2.05, 4.69) is 15.5 Å². The Labute approximate surface area is 75.7 Å². The normalized spacial score (nSPS) is 10.7. The molecule has 0 saturated heterocycles. The summed E-state index contributed by atoms with van der Waals surface area (Å²) in [4.78, 5) is 0. The standard InChI is InChI=1S/C2HF3N4.Na.H/c3-2(4,5)9-1-6-7-8-9;;/h1H;;. The van der Waals surface area contributed by atoms with Crippen LogP contribution in [0.3, 0.4) is 0 Å². The summed E-state index contributed by atoms with van der Waals surface area (Å²) in [7, 11) is 0. The SMILES string of the molecule is FC(F)(F)n1cnnn1.[NaH]. The molecule has 1 rings (SSSR count). The Bertz CT molecular complexity index is 181. The van der Waals surface area contributed by atoms with Crippen LogP contribution in [-0.2, 0) is 6.30 Å². The predicted octanol–water partition coefficient (Wildman–Crippen LogP) is -0.499. The third-order valence-electron chi connectivity index (χ3n) is 0.609. The summed E-state index contributed by atoms with van der Waals surface area (Å²) in [5.74, 6) is 0. The Kier molecular flexibility index (Phi) is 3.26. The summed E-state index contributed by atoms with van der Waals surface area (Å²) in [6, 6.07) is 0. The fourth-order valence-electron chi connectivity index (χ4n) is 0.277. The maximum absolute atomic E-state index is 11.4. The van der Waals surface area contributed by atoms with Gasteiger partial charge in [0.1, 0.15) is 6.33 Å². The second kappa shape index (κ2) is 3.31. The zero-order chi connectivity index (χ0) is 6.91. The van der Waals surface area contributed by atoms with Crippen LogP contribution in [0, 0.1) is 0 Å². The number of nitrogens with zero attached hydrogens (tertiary/aromatic N) is 4. The van der Waals surface area contributed by atoms with Crippen molar-refractivity contribution in [1.82, 2.24) is 20.2 Å². The van der Waals surface area contributed by atoms with Crippen LogP contribution in [0.2, 0.25) is 0 Å². The zero-order valence-electron chi connectivity index (χ0n) is 4.00. The maximum atomic E-state index is 11.4. The molecular weight excluding hydrogens is 160 g/mol. The van der Waals surface area contributed by atoms with E-state index in [0.717, 1.165) is 0 Å². The molecule has 1 heterocycles. The average molecular weight is 162 g/mol. The van der Waals surface area contributed by atoms with Crippen LogP contribution in [0.4, 0.5) is 13.2 Å². The molecule has 10 heavy (non-hydrogen) atoms. The Morgan fingerprint density at radius 1 is 1.30 bits per heavy atom. The van der Waals surface area contributed by atoms with Crippen molar-refractivity contribution in [2.75, 3.05) is 0 Å². The van der Waals surface area contributed by atoms with Gasteiger partial charge in [-0.3, -0.25) is 0 Å². The van der Waals surface area contributed by atoms with Gasteiger partial charge in [0.25, 0.3) is 0 Å². The Hall–Kier alpha value is -0.140. The van der Waals surface area contributed by atoms with Crippen molar-refractivity contribution in [1.29, 1.82) is 0 Å². The quantitative estimate of drug-likeness (QED) is 0.483. The second-order valence-electron chi connectivity index (χ2n) is 1.22. The van der Waals surface area contributed by atoms with Gasteiger partial charge in [0, 0.05) is 0 Å². The summed E-state index contributed by atoms with van der Waals surface area (Å²) in [5, 5.41) is 8.22. The van der Waals surface area contributed by atoms with Gasteiger partial charge in [-0.15, -0.1) is 23.0 Å². The number of hydrogen-bond acceptors (Lipinski definition) is 3. The molecule has 0 spiro atoms. The number of aromatic nitrogens is 4. The molecule has 0 fully saturated rings. The van der Waals surface area contributed by atoms with Crippen molar-refractivity contribution in [3.8, 4) is 0 Å². The molecule has 0 saturated carbocycles. The third kappa shape index (κ3) is 2.24. The minimum atomic E-state index is -4.50. The predicted molar refractivity (Wildman–Crippen MR) is 26.3 cm³/mol. The molecule has 1 aromatic rings. The molecule has 8 heteroatoms. The summed E-state index contributed by atoms with van der Waals surface area (Å²) in [5.41, 5.74) is 0. The Morgan fingerprint density at radius 3 is 2.10 bits per heavy atom. The topological polar surface area (TPSA) is 43.6 Å². The molecule has 0 unspecified atom stereocenters. The van der Waals surface area contributed by atoms with Crippen LogP contribution >= 0.6 is 0 Å². The van der Waals surface area contributed by atoms with Gasteiger partial charge in [-0.1, -0.05) is 0 Å². The fourth-order valence-corrected chi connectivity index (χ4v) is 0.277. The molecular formula is C2H2F3N4Na. The van der Waals surface area contributed by atoms with Crippen LogP contribution in [0.1, 0.15) is 0 Å². The van der Waals surface area contributed by atoms with Crippen LogP contribution < -0.4 is 0 Å². The molecule has 0 bridgehead atoms. The molecule has 0 aliphatic rings. The van der Waals surface area contributed by atoms with Crippen molar-refractivity contribution in [2.24, 2.45) is 0 Å². The van der Waals surface area contributed by atoms with Crippen LogP contribution in [0.15, 0.2) is 6.33 Å². The Morgan fingerprint density at radius 2 is 1.90 bits per heavy atom. The van der Waals surface area contributed by atoms with Gasteiger partial charge >= 0.3 is 35.9 Å². The summed E-state index contributed by atoms with van der Waals surface area (Å²) >= 11 is 0. The summed E-state index contributed by atoms with van der Waals surface area (Å²) < 4.78 is 34.0.